The molecule has 4 aromatic rings. The van der Waals surface area contributed by atoms with Gasteiger partial charge in [-0.25, -0.2) is 0 Å². The summed E-state index contributed by atoms with van der Waals surface area (Å²) in [4.78, 5) is 22.5. The number of aromatic nitrogens is 1. The average Bonchev–Trinajstić information content (AvgIpc) is 3.28. The summed E-state index contributed by atoms with van der Waals surface area (Å²) >= 11 is 12.4. The van der Waals surface area contributed by atoms with E-state index in [1.807, 2.05) is 84.4 Å². The maximum atomic E-state index is 11.5. The predicted molar refractivity (Wildman–Crippen MR) is 167 cm³/mol. The Hall–Kier alpha value is -3.94. The zero-order valence-corrected chi connectivity index (χ0v) is 24.8. The van der Waals surface area contributed by atoms with E-state index in [4.69, 9.17) is 37.8 Å². The zero-order valence-electron chi connectivity index (χ0n) is 23.3. The Bertz CT molecular complexity index is 1550. The fourth-order valence-corrected chi connectivity index (χ4v) is 5.45. The minimum absolute atomic E-state index is 0.0559. The lowest BCUT2D eigenvalue weighted by atomic mass is 10.0. The number of nitrogens with zero attached hydrogens (tertiary/aromatic N) is 1. The van der Waals surface area contributed by atoms with Gasteiger partial charge in [-0.05, 0) is 78.8 Å². The Labute approximate surface area is 254 Å². The van der Waals surface area contributed by atoms with Gasteiger partial charge in [0, 0.05) is 30.1 Å². The van der Waals surface area contributed by atoms with Crippen LogP contribution >= 0.6 is 23.2 Å². The number of halogens is 2. The first kappa shape index (κ1) is 31.0. The Morgan fingerprint density at radius 2 is 1.57 bits per heavy atom. The molecule has 7 nitrogen and oxygen atoms in total. The highest BCUT2D eigenvalue weighted by Gasteiger charge is 2.14. The standard InChI is InChI=1S/C33H33Cl2NO6/c1-22-18-27(34)33(28(35)19-22)42-17-3-2-16-41-26-13-10-23(11-14-26)9-12-24-6-4-7-29-32(24)25(20-31(39)40)21-36(29)15-5-8-30(37)38/h4,6-7,9-14,18-19,21H,2-3,5,8,15-17,20H2,1H3,(H,37,38)(H,39,40). The van der Waals surface area contributed by atoms with E-state index < -0.39 is 11.9 Å². The van der Waals surface area contributed by atoms with Crippen LogP contribution in [0, 0.1) is 6.92 Å². The second-order valence-electron chi connectivity index (χ2n) is 10.0. The summed E-state index contributed by atoms with van der Waals surface area (Å²) in [5.41, 5.74) is 4.44. The van der Waals surface area contributed by atoms with Crippen molar-refractivity contribution < 1.29 is 29.3 Å². The van der Waals surface area contributed by atoms with Crippen molar-refractivity contribution in [3.8, 4) is 11.5 Å². The number of carboxylic acids is 2. The Balaban J connectivity index is 1.33. The summed E-state index contributed by atoms with van der Waals surface area (Å²) in [5, 5.41) is 20.3. The topological polar surface area (TPSA) is 98.0 Å². The van der Waals surface area contributed by atoms with Crippen molar-refractivity contribution in [3.05, 3.63) is 93.1 Å². The second kappa shape index (κ2) is 14.8. The highest BCUT2D eigenvalue weighted by molar-refractivity contribution is 6.37. The summed E-state index contributed by atoms with van der Waals surface area (Å²) < 4.78 is 13.6. The number of hydrogen-bond acceptors (Lipinski definition) is 4. The van der Waals surface area contributed by atoms with E-state index >= 15 is 0 Å². The molecule has 0 amide bonds. The predicted octanol–water partition coefficient (Wildman–Crippen LogP) is 8.16. The molecule has 0 saturated heterocycles. The van der Waals surface area contributed by atoms with Crippen molar-refractivity contribution in [2.75, 3.05) is 13.2 Å². The van der Waals surface area contributed by atoms with Gasteiger partial charge >= 0.3 is 11.9 Å². The lowest BCUT2D eigenvalue weighted by Crippen LogP contribution is -2.03. The van der Waals surface area contributed by atoms with Crippen LogP contribution < -0.4 is 9.47 Å². The van der Waals surface area contributed by atoms with E-state index in [0.29, 0.717) is 47.5 Å². The molecule has 0 radical (unpaired) electrons. The first-order chi connectivity index (χ1) is 20.2. The molecule has 0 aliphatic heterocycles. The van der Waals surface area contributed by atoms with Crippen molar-refractivity contribution >= 4 is 58.2 Å². The van der Waals surface area contributed by atoms with Crippen LogP contribution in [0.3, 0.4) is 0 Å². The molecular weight excluding hydrogens is 577 g/mol. The molecule has 3 aromatic carbocycles. The van der Waals surface area contributed by atoms with Gasteiger partial charge in [0.2, 0.25) is 0 Å². The van der Waals surface area contributed by atoms with E-state index in [-0.39, 0.29) is 12.8 Å². The van der Waals surface area contributed by atoms with Crippen LogP contribution in [0.15, 0.2) is 60.8 Å². The molecule has 0 aliphatic carbocycles. The van der Waals surface area contributed by atoms with E-state index in [1.54, 1.807) is 0 Å². The number of aliphatic carboxylic acids is 2. The van der Waals surface area contributed by atoms with Crippen LogP contribution in [-0.4, -0.2) is 39.9 Å². The summed E-state index contributed by atoms with van der Waals surface area (Å²) in [6.07, 6.45) is 7.77. The molecular formula is C33H33Cl2NO6. The van der Waals surface area contributed by atoms with Crippen LogP contribution in [0.5, 0.6) is 11.5 Å². The lowest BCUT2D eigenvalue weighted by Gasteiger charge is -2.11. The van der Waals surface area contributed by atoms with Crippen molar-refractivity contribution in [2.24, 2.45) is 0 Å². The molecule has 0 saturated carbocycles. The molecule has 220 valence electrons. The molecule has 42 heavy (non-hydrogen) atoms. The minimum Gasteiger partial charge on any atom is -0.494 e. The van der Waals surface area contributed by atoms with Gasteiger partial charge < -0.3 is 24.3 Å². The molecule has 0 spiro atoms. The van der Waals surface area contributed by atoms with E-state index in [2.05, 4.69) is 0 Å². The van der Waals surface area contributed by atoms with Crippen LogP contribution in [0.25, 0.3) is 23.1 Å². The molecule has 9 heteroatoms. The minimum atomic E-state index is -0.915. The number of hydrogen-bond donors (Lipinski definition) is 2. The maximum absolute atomic E-state index is 11.5. The van der Waals surface area contributed by atoms with Crippen molar-refractivity contribution in [1.82, 2.24) is 4.57 Å². The van der Waals surface area contributed by atoms with Gasteiger partial charge in [-0.1, -0.05) is 59.6 Å². The smallest absolute Gasteiger partial charge is 0.307 e. The monoisotopic (exact) mass is 609 g/mol. The third-order valence-electron chi connectivity index (χ3n) is 6.68. The van der Waals surface area contributed by atoms with Crippen LogP contribution in [0.1, 0.15) is 47.9 Å². The first-order valence-electron chi connectivity index (χ1n) is 13.7. The van der Waals surface area contributed by atoms with Crippen LogP contribution in [0.2, 0.25) is 10.0 Å². The molecule has 4 rings (SSSR count). The average molecular weight is 611 g/mol. The molecule has 0 aliphatic rings. The molecule has 0 bridgehead atoms. The van der Waals surface area contributed by atoms with Gasteiger partial charge in [-0.3, -0.25) is 9.59 Å². The number of rotatable bonds is 15. The number of carboxylic acid groups (broad SMARTS) is 2. The fraction of sp³-hybridized carbons (Fsp3) is 0.273. The maximum Gasteiger partial charge on any atom is 0.307 e. The third-order valence-corrected chi connectivity index (χ3v) is 7.24. The first-order valence-corrected chi connectivity index (χ1v) is 14.5. The molecule has 0 fully saturated rings. The SMILES string of the molecule is Cc1cc(Cl)c(OCCCCOc2ccc(C=Cc3cccc4c3c(CC(=O)O)cn4CCCC(=O)O)cc2)c(Cl)c1. The number of carbonyl (C=O) groups is 2. The van der Waals surface area contributed by atoms with Gasteiger partial charge in [-0.15, -0.1) is 0 Å². The number of unbranched alkanes of at least 4 members (excludes halogenated alkanes) is 1. The Kier molecular flexibility index (Phi) is 10.9. The molecule has 2 N–H and O–H groups in total. The molecule has 1 aromatic heterocycles. The molecule has 1 heterocycles. The van der Waals surface area contributed by atoms with Crippen LogP contribution in [-0.2, 0) is 22.6 Å². The lowest BCUT2D eigenvalue weighted by molar-refractivity contribution is -0.137. The van der Waals surface area contributed by atoms with Gasteiger partial charge in [0.1, 0.15) is 5.75 Å². The normalized spacial score (nSPS) is 11.3. The number of aryl methyl sites for hydroxylation is 2. The zero-order chi connectivity index (χ0) is 30.1. The third kappa shape index (κ3) is 8.54. The van der Waals surface area contributed by atoms with E-state index in [9.17, 15) is 14.7 Å². The highest BCUT2D eigenvalue weighted by Crippen LogP contribution is 2.34. The summed E-state index contributed by atoms with van der Waals surface area (Å²) in [7, 11) is 0. The Morgan fingerprint density at radius 3 is 2.24 bits per heavy atom. The number of fused-ring (bicyclic) bond motifs is 1. The molecule has 0 unspecified atom stereocenters. The van der Waals surface area contributed by atoms with Crippen molar-refractivity contribution in [2.45, 2.75) is 45.6 Å². The van der Waals surface area contributed by atoms with E-state index in [0.717, 1.165) is 46.2 Å². The van der Waals surface area contributed by atoms with Gasteiger partial charge in [0.15, 0.2) is 5.75 Å². The largest absolute Gasteiger partial charge is 0.494 e. The quantitative estimate of drug-likeness (QED) is 0.104. The summed E-state index contributed by atoms with van der Waals surface area (Å²) in [6, 6.07) is 17.2. The summed E-state index contributed by atoms with van der Waals surface area (Å²) in [5.74, 6) is -0.489. The Morgan fingerprint density at radius 1 is 0.881 bits per heavy atom. The highest BCUT2D eigenvalue weighted by atomic mass is 35.5. The molecule has 0 atom stereocenters. The van der Waals surface area contributed by atoms with E-state index in [1.165, 1.54) is 0 Å². The van der Waals surface area contributed by atoms with Gasteiger partial charge in [0.05, 0.1) is 29.7 Å². The second-order valence-corrected chi connectivity index (χ2v) is 10.8. The van der Waals surface area contributed by atoms with Crippen LogP contribution in [0.4, 0.5) is 0 Å². The fourth-order valence-electron chi connectivity index (χ4n) is 4.74. The number of ether oxygens (including phenoxy) is 2. The van der Waals surface area contributed by atoms with Crippen molar-refractivity contribution in [1.29, 1.82) is 0 Å². The van der Waals surface area contributed by atoms with Gasteiger partial charge in [-0.2, -0.15) is 0 Å². The van der Waals surface area contributed by atoms with Gasteiger partial charge in [0.25, 0.3) is 0 Å². The number of benzene rings is 3. The van der Waals surface area contributed by atoms with Crippen molar-refractivity contribution in [3.63, 3.8) is 0 Å². The summed E-state index contributed by atoms with van der Waals surface area (Å²) in [6.45, 7) is 3.46.